The van der Waals surface area contributed by atoms with Crippen LogP contribution in [0.15, 0.2) is 22.7 Å². The van der Waals surface area contributed by atoms with Gasteiger partial charge in [-0.25, -0.2) is 4.39 Å². The van der Waals surface area contributed by atoms with Gasteiger partial charge in [0.25, 0.3) is 0 Å². The van der Waals surface area contributed by atoms with Crippen molar-refractivity contribution in [3.63, 3.8) is 0 Å². The number of alkyl halides is 3. The molecule has 0 saturated carbocycles. The lowest BCUT2D eigenvalue weighted by Crippen LogP contribution is -2.27. The van der Waals surface area contributed by atoms with Gasteiger partial charge in [0.05, 0.1) is 10.4 Å². The van der Waals surface area contributed by atoms with E-state index in [9.17, 15) is 18.0 Å². The lowest BCUT2D eigenvalue weighted by atomic mass is 10.1. The smallest absolute Gasteiger partial charge is 0.291 e. The van der Waals surface area contributed by atoms with Crippen LogP contribution in [-0.2, 0) is 10.7 Å². The van der Waals surface area contributed by atoms with E-state index in [2.05, 4.69) is 15.9 Å². The summed E-state index contributed by atoms with van der Waals surface area (Å²) in [7, 11) is 0. The molecule has 82 valence electrons. The van der Waals surface area contributed by atoms with Crippen molar-refractivity contribution in [3.05, 3.63) is 34.1 Å². The van der Waals surface area contributed by atoms with Crippen LogP contribution in [0.1, 0.15) is 5.56 Å². The Morgan fingerprint density at radius 1 is 1.47 bits per heavy atom. The van der Waals surface area contributed by atoms with E-state index in [4.69, 9.17) is 11.6 Å². The molecule has 1 aromatic rings. The highest BCUT2D eigenvalue weighted by Crippen LogP contribution is 2.31. The molecule has 15 heavy (non-hydrogen) atoms. The molecule has 1 nitrogen and oxygen atoms in total. The fourth-order valence-electron chi connectivity index (χ4n) is 0.936. The first-order valence-corrected chi connectivity index (χ1v) is 5.15. The number of hydrogen-bond donors (Lipinski definition) is 0. The number of halogens is 5. The summed E-state index contributed by atoms with van der Waals surface area (Å²) in [5.74, 6) is -6.87. The average Bonchev–Trinajstić information content (AvgIpc) is 2.20. The Hall–Kier alpha value is -0.550. The molecule has 0 unspecified atom stereocenters. The predicted octanol–water partition coefficient (Wildman–Crippen LogP) is 3.49. The van der Waals surface area contributed by atoms with Crippen LogP contribution in [0.25, 0.3) is 0 Å². The zero-order valence-corrected chi connectivity index (χ0v) is 9.58. The van der Waals surface area contributed by atoms with Crippen LogP contribution >= 0.6 is 27.5 Å². The fourth-order valence-corrected chi connectivity index (χ4v) is 1.35. The zero-order valence-electron chi connectivity index (χ0n) is 7.24. The summed E-state index contributed by atoms with van der Waals surface area (Å²) in [5.41, 5.74) is -0.700. The number of ketones is 1. The molecule has 0 saturated heterocycles. The Kier molecular flexibility index (Phi) is 3.78. The van der Waals surface area contributed by atoms with E-state index in [0.717, 1.165) is 12.1 Å². The zero-order chi connectivity index (χ0) is 11.6. The van der Waals surface area contributed by atoms with E-state index in [1.54, 1.807) is 0 Å². The molecule has 1 aromatic carbocycles. The van der Waals surface area contributed by atoms with E-state index >= 15 is 0 Å². The van der Waals surface area contributed by atoms with E-state index < -0.39 is 29.0 Å². The first-order valence-electron chi connectivity index (χ1n) is 3.82. The van der Waals surface area contributed by atoms with Crippen molar-refractivity contribution in [2.75, 3.05) is 5.88 Å². The first-order chi connectivity index (χ1) is 6.89. The van der Waals surface area contributed by atoms with Crippen molar-refractivity contribution in [2.45, 2.75) is 5.92 Å². The number of hydrogen-bond acceptors (Lipinski definition) is 1. The molecule has 6 heteroatoms. The highest BCUT2D eigenvalue weighted by Gasteiger charge is 2.40. The number of carbonyl (C=O) groups excluding carboxylic acids is 1. The summed E-state index contributed by atoms with van der Waals surface area (Å²) in [4.78, 5) is 10.8. The molecule has 0 heterocycles. The SMILES string of the molecule is O=C(CCl)C(F)(F)c1ccc(Br)c(F)c1. The summed E-state index contributed by atoms with van der Waals surface area (Å²) < 4.78 is 39.5. The Balaban J connectivity index is 3.16. The molecule has 0 atom stereocenters. The third-order valence-electron chi connectivity index (χ3n) is 1.75. The third kappa shape index (κ3) is 2.52. The third-order valence-corrected chi connectivity index (χ3v) is 2.64. The lowest BCUT2D eigenvalue weighted by molar-refractivity contribution is -0.141. The van der Waals surface area contributed by atoms with E-state index in [1.165, 1.54) is 0 Å². The van der Waals surface area contributed by atoms with Gasteiger partial charge in [-0.1, -0.05) is 6.07 Å². The van der Waals surface area contributed by atoms with Crippen molar-refractivity contribution in [3.8, 4) is 0 Å². The number of Topliss-reactive ketones (excluding diaryl/α,β-unsaturated/α-hetero) is 1. The maximum absolute atomic E-state index is 13.2. The molecule has 0 aromatic heterocycles. The van der Waals surface area contributed by atoms with Gasteiger partial charge in [-0.15, -0.1) is 11.6 Å². The molecule has 1 rings (SSSR count). The van der Waals surface area contributed by atoms with E-state index in [0.29, 0.717) is 6.07 Å². The van der Waals surface area contributed by atoms with E-state index in [-0.39, 0.29) is 4.47 Å². The molecule has 0 bridgehead atoms. The van der Waals surface area contributed by atoms with Gasteiger partial charge in [0.2, 0.25) is 5.78 Å². The van der Waals surface area contributed by atoms with Gasteiger partial charge in [-0.2, -0.15) is 8.78 Å². The van der Waals surface area contributed by atoms with Crippen LogP contribution in [0.3, 0.4) is 0 Å². The monoisotopic (exact) mass is 300 g/mol. The second-order valence-corrected chi connectivity index (χ2v) is 3.88. The Bertz CT molecular complexity index is 395. The molecule has 0 radical (unpaired) electrons. The van der Waals surface area contributed by atoms with Crippen LogP contribution in [-0.4, -0.2) is 11.7 Å². The Morgan fingerprint density at radius 2 is 2.07 bits per heavy atom. The van der Waals surface area contributed by atoms with Gasteiger partial charge < -0.3 is 0 Å². The number of carbonyl (C=O) groups is 1. The normalized spacial score (nSPS) is 11.5. The summed E-state index contributed by atoms with van der Waals surface area (Å²) in [5, 5.41) is 0. The molecule has 0 N–H and O–H groups in total. The summed E-state index contributed by atoms with van der Waals surface area (Å²) in [6.45, 7) is 0. The molecule has 0 aliphatic heterocycles. The van der Waals surface area contributed by atoms with Gasteiger partial charge in [0.15, 0.2) is 0 Å². The van der Waals surface area contributed by atoms with Gasteiger partial charge in [0, 0.05) is 5.56 Å². The maximum atomic E-state index is 13.2. The van der Waals surface area contributed by atoms with Crippen molar-refractivity contribution >= 4 is 33.3 Å². The van der Waals surface area contributed by atoms with Gasteiger partial charge in [-0.3, -0.25) is 4.79 Å². The predicted molar refractivity (Wildman–Crippen MR) is 53.7 cm³/mol. The first kappa shape index (κ1) is 12.5. The van der Waals surface area contributed by atoms with Crippen LogP contribution in [0.5, 0.6) is 0 Å². The molecule has 0 aliphatic carbocycles. The van der Waals surface area contributed by atoms with Crippen molar-refractivity contribution in [1.82, 2.24) is 0 Å². The molecule has 0 aliphatic rings. The minimum absolute atomic E-state index is 0.0559. The summed E-state index contributed by atoms with van der Waals surface area (Å²) >= 11 is 7.84. The van der Waals surface area contributed by atoms with Crippen molar-refractivity contribution < 1.29 is 18.0 Å². The van der Waals surface area contributed by atoms with Crippen LogP contribution in [0.2, 0.25) is 0 Å². The average molecular weight is 301 g/mol. The Labute approximate surface area is 97.4 Å². The number of rotatable bonds is 3. The van der Waals surface area contributed by atoms with Gasteiger partial charge in [0.1, 0.15) is 5.82 Å². The minimum Gasteiger partial charge on any atom is -0.291 e. The van der Waals surface area contributed by atoms with Gasteiger partial charge >= 0.3 is 5.92 Å². The van der Waals surface area contributed by atoms with Crippen LogP contribution in [0.4, 0.5) is 13.2 Å². The molecule has 0 fully saturated rings. The second kappa shape index (κ2) is 4.53. The fraction of sp³-hybridized carbons (Fsp3) is 0.222. The standard InChI is InChI=1S/C9H5BrClF3O/c10-6-2-1-5(3-7(6)12)9(13,14)8(15)4-11/h1-3H,4H2. The highest BCUT2D eigenvalue weighted by molar-refractivity contribution is 9.10. The largest absolute Gasteiger partial charge is 0.331 e. The van der Waals surface area contributed by atoms with Gasteiger partial charge in [-0.05, 0) is 28.1 Å². The van der Waals surface area contributed by atoms with Crippen LogP contribution in [0, 0.1) is 5.82 Å². The topological polar surface area (TPSA) is 17.1 Å². The summed E-state index contributed by atoms with van der Waals surface area (Å²) in [6.07, 6.45) is 0. The molecule has 0 amide bonds. The molecular weight excluding hydrogens is 296 g/mol. The highest BCUT2D eigenvalue weighted by atomic mass is 79.9. The number of benzene rings is 1. The molecule has 0 spiro atoms. The quantitative estimate of drug-likeness (QED) is 0.781. The lowest BCUT2D eigenvalue weighted by Gasteiger charge is -2.14. The van der Waals surface area contributed by atoms with Crippen molar-refractivity contribution in [2.24, 2.45) is 0 Å². The Morgan fingerprint density at radius 3 is 2.53 bits per heavy atom. The minimum atomic E-state index is -3.75. The summed E-state index contributed by atoms with van der Waals surface area (Å²) in [6, 6.07) is 2.69. The van der Waals surface area contributed by atoms with Crippen molar-refractivity contribution in [1.29, 1.82) is 0 Å². The maximum Gasteiger partial charge on any atom is 0.331 e. The van der Waals surface area contributed by atoms with Crippen LogP contribution < -0.4 is 0 Å². The molecular formula is C9H5BrClF3O. The second-order valence-electron chi connectivity index (χ2n) is 2.76. The van der Waals surface area contributed by atoms with E-state index in [1.807, 2.05) is 0 Å².